The summed E-state index contributed by atoms with van der Waals surface area (Å²) in [7, 11) is 0. The number of rotatable bonds is 3. The number of benzene rings is 2. The van der Waals surface area contributed by atoms with Crippen LogP contribution in [-0.2, 0) is 4.79 Å². The van der Waals surface area contributed by atoms with E-state index in [1.807, 2.05) is 42.5 Å². The molecule has 0 aromatic heterocycles. The van der Waals surface area contributed by atoms with E-state index in [9.17, 15) is 9.90 Å². The number of para-hydroxylation sites is 1. The van der Waals surface area contributed by atoms with Crippen molar-refractivity contribution in [3.05, 3.63) is 60.2 Å². The second-order valence-corrected chi connectivity index (χ2v) is 6.30. The van der Waals surface area contributed by atoms with Crippen LogP contribution in [0, 0.1) is 5.92 Å². The molecule has 2 aliphatic heterocycles. The second-order valence-electron chi connectivity index (χ2n) is 6.30. The standard InChI is InChI=1S/C18H20N4O2/c23-13-8-6-11(7-9-13)14-10-15(24)20-18-16(14)17(21-22-18)19-12-4-2-1-3-5-12/h1-9,14,16-19,21-23H,10H2,(H,20,24). The molecular weight excluding hydrogens is 304 g/mol. The summed E-state index contributed by atoms with van der Waals surface area (Å²) in [6, 6.07) is 17.1. The van der Waals surface area contributed by atoms with E-state index in [1.54, 1.807) is 12.1 Å². The van der Waals surface area contributed by atoms with Crippen LogP contribution in [-0.4, -0.2) is 23.3 Å². The van der Waals surface area contributed by atoms with Gasteiger partial charge in [0.25, 0.3) is 0 Å². The Morgan fingerprint density at radius 3 is 2.50 bits per heavy atom. The van der Waals surface area contributed by atoms with Gasteiger partial charge in [-0.05, 0) is 29.8 Å². The Morgan fingerprint density at radius 1 is 1.00 bits per heavy atom. The zero-order valence-corrected chi connectivity index (χ0v) is 13.1. The van der Waals surface area contributed by atoms with Crippen LogP contribution in [0.4, 0.5) is 5.69 Å². The molecule has 5 N–H and O–H groups in total. The Hall–Kier alpha value is -2.57. The zero-order valence-electron chi connectivity index (χ0n) is 13.1. The second kappa shape index (κ2) is 6.14. The third-order valence-corrected chi connectivity index (χ3v) is 4.77. The van der Waals surface area contributed by atoms with Gasteiger partial charge in [-0.3, -0.25) is 4.79 Å². The van der Waals surface area contributed by atoms with Crippen LogP contribution in [0.2, 0.25) is 0 Å². The lowest BCUT2D eigenvalue weighted by Crippen LogP contribution is -2.53. The third-order valence-electron chi connectivity index (χ3n) is 4.77. The van der Waals surface area contributed by atoms with Crippen molar-refractivity contribution in [1.29, 1.82) is 0 Å². The van der Waals surface area contributed by atoms with Crippen LogP contribution >= 0.6 is 0 Å². The van der Waals surface area contributed by atoms with Gasteiger partial charge in [-0.15, -0.1) is 0 Å². The van der Waals surface area contributed by atoms with Gasteiger partial charge in [0, 0.05) is 23.9 Å². The number of hydrogen-bond donors (Lipinski definition) is 5. The molecule has 0 bridgehead atoms. The Balaban J connectivity index is 1.62. The molecule has 2 aliphatic rings. The normalized spacial score (nSPS) is 28.9. The van der Waals surface area contributed by atoms with Crippen LogP contribution < -0.4 is 21.5 Å². The maximum Gasteiger partial charge on any atom is 0.221 e. The lowest BCUT2D eigenvalue weighted by Gasteiger charge is -2.36. The summed E-state index contributed by atoms with van der Waals surface area (Å²) in [6.07, 6.45) is 0.283. The molecule has 4 unspecified atom stereocenters. The van der Waals surface area contributed by atoms with Crippen molar-refractivity contribution in [1.82, 2.24) is 16.2 Å². The molecule has 2 aromatic rings. The molecule has 2 saturated heterocycles. The Morgan fingerprint density at radius 2 is 1.75 bits per heavy atom. The average molecular weight is 324 g/mol. The highest BCUT2D eigenvalue weighted by Gasteiger charge is 2.46. The minimum atomic E-state index is -0.133. The monoisotopic (exact) mass is 324 g/mol. The quantitative estimate of drug-likeness (QED) is 0.591. The van der Waals surface area contributed by atoms with E-state index in [4.69, 9.17) is 0 Å². The topological polar surface area (TPSA) is 85.4 Å². The van der Waals surface area contributed by atoms with Gasteiger partial charge in [-0.25, -0.2) is 10.9 Å². The highest BCUT2D eigenvalue weighted by atomic mass is 16.3. The van der Waals surface area contributed by atoms with E-state index >= 15 is 0 Å². The number of fused-ring (bicyclic) bond motifs is 1. The van der Waals surface area contributed by atoms with Crippen molar-refractivity contribution in [2.75, 3.05) is 5.32 Å². The van der Waals surface area contributed by atoms with Gasteiger partial charge in [0.15, 0.2) is 0 Å². The first kappa shape index (κ1) is 15.0. The van der Waals surface area contributed by atoms with Crippen LogP contribution in [0.3, 0.4) is 0 Å². The van der Waals surface area contributed by atoms with Crippen molar-refractivity contribution >= 4 is 11.6 Å². The summed E-state index contributed by atoms with van der Waals surface area (Å²) < 4.78 is 0. The summed E-state index contributed by atoms with van der Waals surface area (Å²) in [6.45, 7) is 0. The summed E-state index contributed by atoms with van der Waals surface area (Å²) in [5, 5.41) is 16.0. The lowest BCUT2D eigenvalue weighted by atomic mass is 9.78. The number of carbonyl (C=O) groups is 1. The molecular formula is C18H20N4O2. The van der Waals surface area contributed by atoms with Gasteiger partial charge in [0.05, 0.1) is 12.3 Å². The summed E-state index contributed by atoms with van der Waals surface area (Å²) >= 11 is 0. The Bertz CT molecular complexity index is 720. The van der Waals surface area contributed by atoms with E-state index in [2.05, 4.69) is 21.5 Å². The summed E-state index contributed by atoms with van der Waals surface area (Å²) in [4.78, 5) is 12.1. The smallest absolute Gasteiger partial charge is 0.221 e. The molecule has 0 spiro atoms. The molecule has 6 heteroatoms. The minimum Gasteiger partial charge on any atom is -0.508 e. The fraction of sp³-hybridized carbons (Fsp3) is 0.278. The first-order chi connectivity index (χ1) is 11.7. The van der Waals surface area contributed by atoms with Crippen LogP contribution in [0.25, 0.3) is 0 Å². The largest absolute Gasteiger partial charge is 0.508 e. The van der Waals surface area contributed by atoms with Crippen molar-refractivity contribution in [2.24, 2.45) is 5.92 Å². The van der Waals surface area contributed by atoms with Crippen molar-refractivity contribution in [2.45, 2.75) is 24.7 Å². The molecule has 2 aromatic carbocycles. The van der Waals surface area contributed by atoms with Crippen LogP contribution in [0.5, 0.6) is 5.75 Å². The Labute approximate surface area is 140 Å². The third kappa shape index (κ3) is 2.81. The number of phenolic OH excluding ortho intramolecular Hbond substituents is 1. The van der Waals surface area contributed by atoms with E-state index in [1.165, 1.54) is 0 Å². The number of amides is 1. The highest BCUT2D eigenvalue weighted by Crippen LogP contribution is 2.37. The maximum absolute atomic E-state index is 12.1. The molecule has 0 radical (unpaired) electrons. The van der Waals surface area contributed by atoms with Gasteiger partial charge in [0.2, 0.25) is 5.91 Å². The number of anilines is 1. The predicted octanol–water partition coefficient (Wildman–Crippen LogP) is 1.48. The van der Waals surface area contributed by atoms with Gasteiger partial charge in [0.1, 0.15) is 5.75 Å². The molecule has 0 aliphatic carbocycles. The molecule has 2 fully saturated rings. The van der Waals surface area contributed by atoms with E-state index in [0.29, 0.717) is 6.42 Å². The molecule has 124 valence electrons. The summed E-state index contributed by atoms with van der Waals surface area (Å²) in [5.74, 6) is 0.474. The predicted molar refractivity (Wildman–Crippen MR) is 91.0 cm³/mol. The fourth-order valence-corrected chi connectivity index (χ4v) is 3.64. The molecule has 0 saturated carbocycles. The maximum atomic E-state index is 12.1. The molecule has 1 amide bonds. The molecule has 4 rings (SSSR count). The fourth-order valence-electron chi connectivity index (χ4n) is 3.64. The minimum absolute atomic E-state index is 0.0168. The Kier molecular flexibility index (Phi) is 3.84. The summed E-state index contributed by atoms with van der Waals surface area (Å²) in [5.41, 5.74) is 8.52. The van der Waals surface area contributed by atoms with Crippen molar-refractivity contribution < 1.29 is 9.90 Å². The van der Waals surface area contributed by atoms with Crippen molar-refractivity contribution in [3.8, 4) is 5.75 Å². The van der Waals surface area contributed by atoms with E-state index < -0.39 is 0 Å². The van der Waals surface area contributed by atoms with Crippen molar-refractivity contribution in [3.63, 3.8) is 0 Å². The molecule has 24 heavy (non-hydrogen) atoms. The van der Waals surface area contributed by atoms with Crippen LogP contribution in [0.1, 0.15) is 17.9 Å². The van der Waals surface area contributed by atoms with E-state index in [0.717, 1.165) is 11.3 Å². The van der Waals surface area contributed by atoms with Gasteiger partial charge >= 0.3 is 0 Å². The SMILES string of the molecule is O=C1CC(c2ccc(O)cc2)C2C(NNC2Nc2ccccc2)N1. The lowest BCUT2D eigenvalue weighted by molar-refractivity contribution is -0.125. The number of piperidine rings is 1. The molecule has 2 heterocycles. The number of phenols is 1. The molecule has 4 atom stereocenters. The van der Waals surface area contributed by atoms with Gasteiger partial charge < -0.3 is 15.7 Å². The zero-order chi connectivity index (χ0) is 16.5. The highest BCUT2D eigenvalue weighted by molar-refractivity contribution is 5.78. The van der Waals surface area contributed by atoms with Gasteiger partial charge in [-0.2, -0.15) is 0 Å². The molecule has 6 nitrogen and oxygen atoms in total. The average Bonchev–Trinajstić information content (AvgIpc) is 2.98. The number of nitrogens with one attached hydrogen (secondary N) is 4. The van der Waals surface area contributed by atoms with Crippen LogP contribution in [0.15, 0.2) is 54.6 Å². The number of aromatic hydroxyl groups is 1. The first-order valence-electron chi connectivity index (χ1n) is 8.11. The van der Waals surface area contributed by atoms with E-state index in [-0.39, 0.29) is 35.8 Å². The number of carbonyl (C=O) groups excluding carboxylic acids is 1. The number of hydrogen-bond acceptors (Lipinski definition) is 5. The first-order valence-corrected chi connectivity index (χ1v) is 8.11. The number of hydrazine groups is 1. The van der Waals surface area contributed by atoms with Gasteiger partial charge in [-0.1, -0.05) is 30.3 Å².